The van der Waals surface area contributed by atoms with E-state index in [4.69, 9.17) is 0 Å². The summed E-state index contributed by atoms with van der Waals surface area (Å²) in [5, 5.41) is 6.39. The van der Waals surface area contributed by atoms with Gasteiger partial charge >= 0.3 is 0 Å². The lowest BCUT2D eigenvalue weighted by atomic mass is 10.0. The van der Waals surface area contributed by atoms with Gasteiger partial charge in [0.05, 0.1) is 6.54 Å². The largest absolute Gasteiger partial charge is 0.324 e. The van der Waals surface area contributed by atoms with E-state index in [9.17, 15) is 4.79 Å². The Bertz CT molecular complexity index is 1150. The Labute approximate surface area is 187 Å². The zero-order valence-corrected chi connectivity index (χ0v) is 18.3. The third-order valence-electron chi connectivity index (χ3n) is 4.98. The molecule has 1 aliphatic heterocycles. The maximum atomic E-state index is 12.4. The number of nitrogens with one attached hydrogen (secondary N) is 2. The first-order valence-electron chi connectivity index (χ1n) is 10.7. The number of hydrogen-bond acceptors (Lipinski definition) is 7. The van der Waals surface area contributed by atoms with E-state index in [1.807, 2.05) is 74.5 Å². The molecule has 0 fully saturated rings. The van der Waals surface area contributed by atoms with Crippen molar-refractivity contribution in [2.24, 2.45) is 4.99 Å². The Hall–Kier alpha value is -3.87. The second kappa shape index (κ2) is 9.96. The van der Waals surface area contributed by atoms with E-state index in [-0.39, 0.29) is 5.78 Å². The van der Waals surface area contributed by atoms with Crippen molar-refractivity contribution in [3.8, 4) is 0 Å². The summed E-state index contributed by atoms with van der Waals surface area (Å²) in [6.07, 6.45) is 3.53. The highest BCUT2D eigenvalue weighted by Crippen LogP contribution is 2.17. The van der Waals surface area contributed by atoms with Crippen LogP contribution in [0.3, 0.4) is 0 Å². The summed E-state index contributed by atoms with van der Waals surface area (Å²) < 4.78 is 0. The lowest BCUT2D eigenvalue weighted by Crippen LogP contribution is -2.13. The van der Waals surface area contributed by atoms with Crippen molar-refractivity contribution in [2.45, 2.75) is 33.1 Å². The van der Waals surface area contributed by atoms with Crippen LogP contribution in [0.1, 0.15) is 30.8 Å². The zero-order valence-electron chi connectivity index (χ0n) is 18.3. The van der Waals surface area contributed by atoms with Crippen molar-refractivity contribution in [3.05, 3.63) is 83.2 Å². The molecule has 1 aliphatic rings. The van der Waals surface area contributed by atoms with Gasteiger partial charge in [-0.2, -0.15) is 15.0 Å². The van der Waals surface area contributed by atoms with Gasteiger partial charge in [0.2, 0.25) is 11.9 Å². The topological polar surface area (TPSA) is 92.2 Å². The van der Waals surface area contributed by atoms with Crippen LogP contribution in [0.4, 0.5) is 17.6 Å². The van der Waals surface area contributed by atoms with Gasteiger partial charge in [0.25, 0.3) is 0 Å². The van der Waals surface area contributed by atoms with Crippen LogP contribution >= 0.6 is 0 Å². The SMILES string of the molecule is CCc1nc(NC2=NCC(C)=C2)nc(Nc2ccc(CC(=O)Cc3ccccc3)cc2)n1. The quantitative estimate of drug-likeness (QED) is 0.558. The number of aryl methyl sites for hydroxylation is 1. The molecule has 3 aromatic rings. The van der Waals surface area contributed by atoms with E-state index < -0.39 is 0 Å². The number of Topliss-reactive ketones (excluding diaryl/α,β-unsaturated/α-hetero) is 1. The molecule has 0 unspecified atom stereocenters. The minimum Gasteiger partial charge on any atom is -0.324 e. The fourth-order valence-electron chi connectivity index (χ4n) is 3.36. The molecule has 0 aliphatic carbocycles. The zero-order chi connectivity index (χ0) is 22.3. The highest BCUT2D eigenvalue weighted by molar-refractivity contribution is 6.04. The molecule has 2 aromatic carbocycles. The second-order valence-electron chi connectivity index (χ2n) is 7.77. The Balaban J connectivity index is 1.40. The van der Waals surface area contributed by atoms with Gasteiger partial charge in [-0.05, 0) is 41.8 Å². The van der Waals surface area contributed by atoms with Gasteiger partial charge in [-0.1, -0.05) is 49.4 Å². The van der Waals surface area contributed by atoms with Crippen LogP contribution in [-0.2, 0) is 24.1 Å². The molecule has 0 spiro atoms. The Morgan fingerprint density at radius 3 is 2.16 bits per heavy atom. The number of aliphatic imine (C=N–C) groups is 1. The molecule has 0 amide bonds. The molecule has 7 heteroatoms. The molecule has 0 radical (unpaired) electrons. The fourth-order valence-corrected chi connectivity index (χ4v) is 3.36. The fraction of sp³-hybridized carbons (Fsp3) is 0.240. The van der Waals surface area contributed by atoms with E-state index in [2.05, 4.69) is 30.6 Å². The van der Waals surface area contributed by atoms with Gasteiger partial charge in [0.1, 0.15) is 17.4 Å². The molecule has 1 aromatic heterocycles. The molecule has 4 rings (SSSR count). The average Bonchev–Trinajstić information content (AvgIpc) is 3.20. The molecule has 0 saturated carbocycles. The summed E-state index contributed by atoms with van der Waals surface area (Å²) in [7, 11) is 0. The lowest BCUT2D eigenvalue weighted by molar-refractivity contribution is -0.117. The highest BCUT2D eigenvalue weighted by atomic mass is 16.1. The molecule has 32 heavy (non-hydrogen) atoms. The van der Waals surface area contributed by atoms with Crippen molar-refractivity contribution in [3.63, 3.8) is 0 Å². The third kappa shape index (κ3) is 5.85. The van der Waals surface area contributed by atoms with E-state index in [1.165, 1.54) is 5.57 Å². The van der Waals surface area contributed by atoms with Gasteiger partial charge in [-0.3, -0.25) is 9.79 Å². The summed E-state index contributed by atoms with van der Waals surface area (Å²) in [5.74, 6) is 2.56. The van der Waals surface area contributed by atoms with E-state index in [0.29, 0.717) is 43.5 Å². The number of carbonyl (C=O) groups excluding carboxylic acids is 1. The standard InChI is InChI=1S/C25H26N6O/c1-3-22-28-24(31-25(29-22)30-23-13-17(2)16-26-23)27-20-11-9-19(10-12-20)15-21(32)14-18-7-5-4-6-8-18/h4-13H,3,14-16H2,1-2H3,(H2,26,27,28,29,30,31). The van der Waals surface area contributed by atoms with Crippen LogP contribution < -0.4 is 10.6 Å². The van der Waals surface area contributed by atoms with Gasteiger partial charge in [0, 0.05) is 24.9 Å². The van der Waals surface area contributed by atoms with Crippen molar-refractivity contribution >= 4 is 29.2 Å². The van der Waals surface area contributed by atoms with Gasteiger partial charge in [-0.15, -0.1) is 0 Å². The average molecular weight is 427 g/mol. The van der Waals surface area contributed by atoms with Gasteiger partial charge in [-0.25, -0.2) is 0 Å². The van der Waals surface area contributed by atoms with E-state index in [1.54, 1.807) is 0 Å². The first-order chi connectivity index (χ1) is 15.6. The number of nitrogens with zero attached hydrogens (tertiary/aromatic N) is 4. The molecule has 162 valence electrons. The maximum Gasteiger partial charge on any atom is 0.233 e. The highest BCUT2D eigenvalue weighted by Gasteiger charge is 2.11. The first kappa shape index (κ1) is 21.4. The minimum absolute atomic E-state index is 0.191. The summed E-state index contributed by atoms with van der Waals surface area (Å²) in [4.78, 5) is 30.2. The molecular weight excluding hydrogens is 400 g/mol. The Morgan fingerprint density at radius 2 is 1.53 bits per heavy atom. The number of ketones is 1. The molecular formula is C25H26N6O. The monoisotopic (exact) mass is 426 g/mol. The van der Waals surface area contributed by atoms with Crippen molar-refractivity contribution in [1.29, 1.82) is 0 Å². The Kier molecular flexibility index (Phi) is 6.65. The van der Waals surface area contributed by atoms with Gasteiger partial charge in [0.15, 0.2) is 0 Å². The molecule has 2 N–H and O–H groups in total. The van der Waals surface area contributed by atoms with Gasteiger partial charge < -0.3 is 10.6 Å². The number of aromatic nitrogens is 3. The lowest BCUT2D eigenvalue weighted by Gasteiger charge is -2.10. The third-order valence-corrected chi connectivity index (χ3v) is 4.98. The molecule has 0 atom stereocenters. The van der Waals surface area contributed by atoms with Crippen LogP contribution in [0.5, 0.6) is 0 Å². The van der Waals surface area contributed by atoms with Crippen LogP contribution in [-0.4, -0.2) is 33.1 Å². The molecule has 7 nitrogen and oxygen atoms in total. The van der Waals surface area contributed by atoms with Crippen molar-refractivity contribution in [2.75, 3.05) is 17.2 Å². The van der Waals surface area contributed by atoms with Crippen LogP contribution in [0.2, 0.25) is 0 Å². The number of carbonyl (C=O) groups is 1. The van der Waals surface area contributed by atoms with Crippen molar-refractivity contribution in [1.82, 2.24) is 15.0 Å². The van der Waals surface area contributed by atoms with Crippen LogP contribution in [0.15, 0.2) is 71.2 Å². The van der Waals surface area contributed by atoms with Crippen molar-refractivity contribution < 1.29 is 4.79 Å². The number of rotatable bonds is 8. The Morgan fingerprint density at radius 1 is 0.875 bits per heavy atom. The number of amidine groups is 1. The summed E-state index contributed by atoms with van der Waals surface area (Å²) in [6.45, 7) is 4.73. The second-order valence-corrected chi connectivity index (χ2v) is 7.77. The molecule has 0 saturated heterocycles. The van der Waals surface area contributed by atoms with Crippen LogP contribution in [0.25, 0.3) is 0 Å². The first-order valence-corrected chi connectivity index (χ1v) is 10.7. The normalized spacial score (nSPS) is 12.8. The minimum atomic E-state index is 0.191. The van der Waals surface area contributed by atoms with E-state index in [0.717, 1.165) is 22.6 Å². The number of hydrogen-bond donors (Lipinski definition) is 2. The summed E-state index contributed by atoms with van der Waals surface area (Å²) in [5.41, 5.74) is 4.05. The molecule has 0 bridgehead atoms. The predicted molar refractivity (Wildman–Crippen MR) is 127 cm³/mol. The predicted octanol–water partition coefficient (Wildman–Crippen LogP) is 4.30. The molecule has 2 heterocycles. The number of benzene rings is 2. The summed E-state index contributed by atoms with van der Waals surface area (Å²) in [6, 6.07) is 17.6. The number of anilines is 3. The van der Waals surface area contributed by atoms with E-state index >= 15 is 0 Å². The summed E-state index contributed by atoms with van der Waals surface area (Å²) >= 11 is 0. The maximum absolute atomic E-state index is 12.4. The van der Waals surface area contributed by atoms with Crippen LogP contribution in [0, 0.1) is 0 Å². The smallest absolute Gasteiger partial charge is 0.233 e.